The Kier molecular flexibility index (Phi) is 2.13. The van der Waals surface area contributed by atoms with Gasteiger partial charge in [-0.1, -0.05) is 0 Å². The summed E-state index contributed by atoms with van der Waals surface area (Å²) in [5.74, 6) is -3.23. The number of aromatic nitrogens is 3. The second kappa shape index (κ2) is 2.75. The number of hydrogen-bond donors (Lipinski definition) is 0. The van der Waals surface area contributed by atoms with Crippen molar-refractivity contribution in [2.24, 2.45) is 0 Å². The highest BCUT2D eigenvalue weighted by Crippen LogP contribution is 2.28. The quantitative estimate of drug-likeness (QED) is 0.677. The third-order valence-corrected chi connectivity index (χ3v) is 1.66. The Labute approximate surface area is 75.8 Å². The van der Waals surface area contributed by atoms with E-state index in [4.69, 9.17) is 0 Å². The van der Waals surface area contributed by atoms with E-state index >= 15 is 0 Å². The van der Waals surface area contributed by atoms with Gasteiger partial charge >= 0.3 is 5.92 Å². The molecule has 0 aliphatic heterocycles. The highest BCUT2D eigenvalue weighted by atomic mass is 19.3. The molecule has 1 aromatic heterocycles. The predicted molar refractivity (Wildman–Crippen MR) is 44.6 cm³/mol. The molecule has 1 aromatic rings. The number of nitrogens with zero attached hydrogens (tertiary/aromatic N) is 3. The first kappa shape index (κ1) is 10.1. The molecule has 5 heteroatoms. The second-order valence-electron chi connectivity index (χ2n) is 4.08. The standard InChI is InChI=1S/C8H13F2N3/c1-7(2,3)13-5-11-12-6(13)8(4,9)10/h5H,1-4H3. The number of alkyl halides is 2. The summed E-state index contributed by atoms with van der Waals surface area (Å²) in [6.07, 6.45) is 1.33. The lowest BCUT2D eigenvalue weighted by Gasteiger charge is -2.24. The molecule has 0 saturated carbocycles. The fourth-order valence-electron chi connectivity index (χ4n) is 1.03. The third-order valence-electron chi connectivity index (χ3n) is 1.66. The van der Waals surface area contributed by atoms with Gasteiger partial charge in [-0.05, 0) is 20.8 Å². The third kappa shape index (κ3) is 2.02. The summed E-state index contributed by atoms with van der Waals surface area (Å²) in [5, 5.41) is 6.90. The minimum absolute atomic E-state index is 0.292. The molecule has 0 saturated heterocycles. The molecule has 0 fully saturated rings. The van der Waals surface area contributed by atoms with Crippen LogP contribution in [0.2, 0.25) is 0 Å². The van der Waals surface area contributed by atoms with Gasteiger partial charge in [0.15, 0.2) is 0 Å². The first-order valence-electron chi connectivity index (χ1n) is 4.02. The van der Waals surface area contributed by atoms with Crippen LogP contribution in [0.1, 0.15) is 33.5 Å². The van der Waals surface area contributed by atoms with Crippen molar-refractivity contribution >= 4 is 0 Å². The minimum atomic E-state index is -2.94. The van der Waals surface area contributed by atoms with E-state index in [0.29, 0.717) is 0 Å². The molecule has 1 rings (SSSR count). The Morgan fingerprint density at radius 1 is 1.23 bits per heavy atom. The second-order valence-corrected chi connectivity index (χ2v) is 4.08. The van der Waals surface area contributed by atoms with Crippen molar-refractivity contribution in [3.8, 4) is 0 Å². The predicted octanol–water partition coefficient (Wildman–Crippen LogP) is 2.14. The molecule has 0 amide bonds. The van der Waals surface area contributed by atoms with Crippen LogP contribution in [-0.2, 0) is 11.5 Å². The zero-order chi connectivity index (χ0) is 10.3. The molecule has 13 heavy (non-hydrogen) atoms. The summed E-state index contributed by atoms with van der Waals surface area (Å²) in [7, 11) is 0. The van der Waals surface area contributed by atoms with Crippen molar-refractivity contribution in [3.05, 3.63) is 12.2 Å². The molecule has 3 nitrogen and oxygen atoms in total. The Hall–Kier alpha value is -1.00. The van der Waals surface area contributed by atoms with Crippen LogP contribution in [0.5, 0.6) is 0 Å². The van der Waals surface area contributed by atoms with E-state index in [9.17, 15) is 8.78 Å². The van der Waals surface area contributed by atoms with Gasteiger partial charge in [0.05, 0.1) is 0 Å². The molecule has 0 N–H and O–H groups in total. The monoisotopic (exact) mass is 189 g/mol. The van der Waals surface area contributed by atoms with Gasteiger partial charge in [0, 0.05) is 12.5 Å². The smallest absolute Gasteiger partial charge is 0.304 e. The maximum absolute atomic E-state index is 13.0. The van der Waals surface area contributed by atoms with Gasteiger partial charge in [0.1, 0.15) is 6.33 Å². The molecule has 0 bridgehead atoms. The fourth-order valence-corrected chi connectivity index (χ4v) is 1.03. The Morgan fingerprint density at radius 2 is 1.77 bits per heavy atom. The zero-order valence-electron chi connectivity index (χ0n) is 8.17. The van der Waals surface area contributed by atoms with E-state index in [1.807, 2.05) is 20.8 Å². The van der Waals surface area contributed by atoms with Gasteiger partial charge in [0.25, 0.3) is 0 Å². The summed E-state index contributed by atoms with van der Waals surface area (Å²) in [4.78, 5) is 0. The Balaban J connectivity index is 3.19. The molecule has 0 radical (unpaired) electrons. The highest BCUT2D eigenvalue weighted by molar-refractivity contribution is 4.98. The van der Waals surface area contributed by atoms with E-state index in [1.54, 1.807) is 0 Å². The Morgan fingerprint density at radius 3 is 2.08 bits per heavy atom. The van der Waals surface area contributed by atoms with Crippen LogP contribution in [0.25, 0.3) is 0 Å². The highest BCUT2D eigenvalue weighted by Gasteiger charge is 2.33. The summed E-state index contributed by atoms with van der Waals surface area (Å²) in [5.41, 5.74) is -0.418. The SMILES string of the molecule is CC(F)(F)c1nncn1C(C)(C)C. The largest absolute Gasteiger partial charge is 0.307 e. The summed E-state index contributed by atoms with van der Waals surface area (Å²) < 4.78 is 27.3. The molecular weight excluding hydrogens is 176 g/mol. The molecule has 74 valence electrons. The van der Waals surface area contributed by atoms with E-state index in [0.717, 1.165) is 6.92 Å². The first-order valence-corrected chi connectivity index (χ1v) is 4.02. The minimum Gasteiger partial charge on any atom is -0.307 e. The van der Waals surface area contributed by atoms with E-state index in [1.165, 1.54) is 10.9 Å². The summed E-state index contributed by atoms with van der Waals surface area (Å²) >= 11 is 0. The van der Waals surface area contributed by atoms with Crippen molar-refractivity contribution in [2.45, 2.75) is 39.2 Å². The van der Waals surface area contributed by atoms with Crippen molar-refractivity contribution in [2.75, 3.05) is 0 Å². The first-order chi connectivity index (χ1) is 5.73. The maximum Gasteiger partial charge on any atom is 0.304 e. The van der Waals surface area contributed by atoms with Crippen LogP contribution in [0.3, 0.4) is 0 Å². The lowest BCUT2D eigenvalue weighted by molar-refractivity contribution is 0.000135. The van der Waals surface area contributed by atoms with Crippen molar-refractivity contribution in [1.82, 2.24) is 14.8 Å². The lowest BCUT2D eigenvalue weighted by atomic mass is 10.1. The average Bonchev–Trinajstić information content (AvgIpc) is 2.27. The van der Waals surface area contributed by atoms with Gasteiger partial charge in [0.2, 0.25) is 5.82 Å². The molecule has 0 unspecified atom stereocenters. The van der Waals surface area contributed by atoms with Crippen molar-refractivity contribution < 1.29 is 8.78 Å². The lowest BCUT2D eigenvalue weighted by Crippen LogP contribution is -2.27. The van der Waals surface area contributed by atoms with Crippen molar-refractivity contribution in [1.29, 1.82) is 0 Å². The van der Waals surface area contributed by atoms with Crippen LogP contribution in [-0.4, -0.2) is 14.8 Å². The summed E-state index contributed by atoms with van der Waals surface area (Å²) in [6.45, 7) is 6.29. The van der Waals surface area contributed by atoms with E-state index in [-0.39, 0.29) is 5.82 Å². The van der Waals surface area contributed by atoms with Crippen LogP contribution < -0.4 is 0 Å². The zero-order valence-corrected chi connectivity index (χ0v) is 8.17. The molecule has 0 aliphatic carbocycles. The topological polar surface area (TPSA) is 30.7 Å². The van der Waals surface area contributed by atoms with Gasteiger partial charge in [-0.2, -0.15) is 8.78 Å². The number of hydrogen-bond acceptors (Lipinski definition) is 2. The van der Waals surface area contributed by atoms with E-state index < -0.39 is 11.5 Å². The van der Waals surface area contributed by atoms with Crippen LogP contribution in [0, 0.1) is 0 Å². The van der Waals surface area contributed by atoms with Gasteiger partial charge in [-0.3, -0.25) is 0 Å². The average molecular weight is 189 g/mol. The number of rotatable bonds is 1. The van der Waals surface area contributed by atoms with E-state index in [2.05, 4.69) is 10.2 Å². The van der Waals surface area contributed by atoms with Crippen LogP contribution in [0.4, 0.5) is 8.78 Å². The molecule has 0 spiro atoms. The maximum atomic E-state index is 13.0. The molecule has 1 heterocycles. The van der Waals surface area contributed by atoms with Crippen LogP contribution in [0.15, 0.2) is 6.33 Å². The molecular formula is C8H13F2N3. The van der Waals surface area contributed by atoms with Gasteiger partial charge in [-0.25, -0.2) is 0 Å². The van der Waals surface area contributed by atoms with Gasteiger partial charge in [-0.15, -0.1) is 10.2 Å². The molecule has 0 aromatic carbocycles. The molecule has 0 aliphatic rings. The van der Waals surface area contributed by atoms with Gasteiger partial charge < -0.3 is 4.57 Å². The summed E-state index contributed by atoms with van der Waals surface area (Å²) in [6, 6.07) is 0. The fraction of sp³-hybridized carbons (Fsp3) is 0.750. The number of halogens is 2. The van der Waals surface area contributed by atoms with Crippen molar-refractivity contribution in [3.63, 3.8) is 0 Å². The Bertz CT molecular complexity index is 265. The normalized spacial score (nSPS) is 13.4. The molecule has 0 atom stereocenters. The van der Waals surface area contributed by atoms with Crippen LogP contribution >= 0.6 is 0 Å².